The van der Waals surface area contributed by atoms with Gasteiger partial charge in [-0.05, 0) is 12.1 Å². The van der Waals surface area contributed by atoms with Gasteiger partial charge in [0.05, 0.1) is 13.2 Å². The summed E-state index contributed by atoms with van der Waals surface area (Å²) in [5.74, 6) is 0.737. The van der Waals surface area contributed by atoms with Gasteiger partial charge < -0.3 is 22.4 Å². The zero-order chi connectivity index (χ0) is 11.8. The van der Waals surface area contributed by atoms with Crippen LogP contribution in [0.1, 0.15) is 6.92 Å². The first-order valence-electron chi connectivity index (χ1n) is 5.06. The van der Waals surface area contributed by atoms with Crippen LogP contribution in [0.5, 0.6) is 11.5 Å². The molecule has 17 heavy (non-hydrogen) atoms. The fourth-order valence-corrected chi connectivity index (χ4v) is 1.47. The first-order chi connectivity index (χ1) is 7.47. The van der Waals surface area contributed by atoms with Crippen LogP contribution in [-0.2, 0) is 0 Å². The number of rotatable bonds is 1. The maximum Gasteiger partial charge on any atom is 1.00 e. The Hall–Kier alpha value is 0.311. The number of fused-ring (bicyclic) bond motifs is 1. The van der Waals surface area contributed by atoms with E-state index in [1.165, 1.54) is 6.07 Å². The minimum Gasteiger partial charge on any atom is -0.489 e. The first-order valence-corrected chi connectivity index (χ1v) is 5.06. The second kappa shape index (κ2) is 5.97. The maximum absolute atomic E-state index is 12.5. The van der Waals surface area contributed by atoms with Crippen LogP contribution in [0.25, 0.3) is 0 Å². The van der Waals surface area contributed by atoms with Crippen LogP contribution in [0.15, 0.2) is 18.2 Å². The molecule has 88 valence electrons. The van der Waals surface area contributed by atoms with E-state index in [2.05, 4.69) is 0 Å². The van der Waals surface area contributed by atoms with Gasteiger partial charge in [0.2, 0.25) is 0 Å². The van der Waals surface area contributed by atoms with Crippen LogP contribution in [0, 0.1) is 5.92 Å². The summed E-state index contributed by atoms with van der Waals surface area (Å²) in [6, 6.07) is 3.35. The number of benzene rings is 1. The molecule has 2 nitrogen and oxygen atoms in total. The zero-order valence-corrected chi connectivity index (χ0v) is 12.9. The molecule has 1 aromatic rings. The van der Waals surface area contributed by atoms with Crippen LogP contribution >= 0.6 is 0 Å². The molecule has 0 amide bonds. The van der Waals surface area contributed by atoms with Gasteiger partial charge in [0, 0.05) is 5.92 Å². The molecule has 7 heteroatoms. The Bertz CT molecular complexity index is 398. The van der Waals surface area contributed by atoms with Crippen LogP contribution in [0.3, 0.4) is 0 Å². The van der Waals surface area contributed by atoms with Crippen LogP contribution in [0.2, 0.25) is 0 Å². The van der Waals surface area contributed by atoms with Crippen molar-refractivity contribution >= 4 is 12.4 Å². The average Bonchev–Trinajstić information content (AvgIpc) is 2.39. The Kier molecular flexibility index (Phi) is 5.40. The van der Waals surface area contributed by atoms with E-state index in [0.717, 1.165) is 12.1 Å². The molecule has 1 unspecified atom stereocenters. The third-order valence-corrected chi connectivity index (χ3v) is 2.39. The molecule has 1 aromatic carbocycles. The van der Waals surface area contributed by atoms with E-state index in [1.807, 2.05) is 6.92 Å². The summed E-state index contributed by atoms with van der Waals surface area (Å²) >= 11 is 0. The molecule has 2 rings (SSSR count). The summed E-state index contributed by atoms with van der Waals surface area (Å²) in [4.78, 5) is 0. The van der Waals surface area contributed by atoms with Crippen molar-refractivity contribution < 1.29 is 73.8 Å². The van der Waals surface area contributed by atoms with E-state index in [1.54, 1.807) is 0 Å². The summed E-state index contributed by atoms with van der Waals surface area (Å²) in [5.41, 5.74) is -0.656. The van der Waals surface area contributed by atoms with Crippen molar-refractivity contribution in [3.05, 3.63) is 18.2 Å². The van der Waals surface area contributed by atoms with E-state index in [-0.39, 0.29) is 63.1 Å². The van der Waals surface area contributed by atoms with Gasteiger partial charge in [0.1, 0.15) is 0 Å². The standard InChI is InChI=1S/C10H11BF3O2.K/c1-7-5-15-9-3-2-8(11(12,13)14)4-10(9)16-6-7;/h2-4,7H,5-6H2,1H3;/q-1;+1. The molecule has 1 aliphatic heterocycles. The molecule has 0 fully saturated rings. The topological polar surface area (TPSA) is 18.5 Å². The molecular weight excluding hydrogens is 259 g/mol. The van der Waals surface area contributed by atoms with E-state index >= 15 is 0 Å². The van der Waals surface area contributed by atoms with E-state index in [9.17, 15) is 12.9 Å². The summed E-state index contributed by atoms with van der Waals surface area (Å²) in [6.07, 6.45) is 0. The molecule has 0 radical (unpaired) electrons. The second-order valence-corrected chi connectivity index (χ2v) is 4.01. The fourth-order valence-electron chi connectivity index (χ4n) is 1.47. The maximum atomic E-state index is 12.5. The van der Waals surface area contributed by atoms with Crippen molar-refractivity contribution in [3.63, 3.8) is 0 Å². The third-order valence-electron chi connectivity index (χ3n) is 2.39. The van der Waals surface area contributed by atoms with Gasteiger partial charge in [-0.3, -0.25) is 0 Å². The first kappa shape index (κ1) is 15.4. The van der Waals surface area contributed by atoms with Crippen LogP contribution in [0.4, 0.5) is 12.9 Å². The monoisotopic (exact) mass is 270 g/mol. The van der Waals surface area contributed by atoms with Gasteiger partial charge in [0.15, 0.2) is 11.5 Å². The second-order valence-electron chi connectivity index (χ2n) is 4.01. The Morgan fingerprint density at radius 1 is 1.12 bits per heavy atom. The van der Waals surface area contributed by atoms with Gasteiger partial charge in [-0.25, -0.2) is 0 Å². The van der Waals surface area contributed by atoms with E-state index < -0.39 is 12.4 Å². The quantitative estimate of drug-likeness (QED) is 0.619. The van der Waals surface area contributed by atoms with Gasteiger partial charge in [0.25, 0.3) is 0 Å². The smallest absolute Gasteiger partial charge is 0.489 e. The molecular formula is C10H11BF3KO2. The van der Waals surface area contributed by atoms with Crippen molar-refractivity contribution in [2.45, 2.75) is 6.92 Å². The largest absolute Gasteiger partial charge is 1.00 e. The van der Waals surface area contributed by atoms with Crippen LogP contribution < -0.4 is 66.3 Å². The predicted molar refractivity (Wildman–Crippen MR) is 55.3 cm³/mol. The summed E-state index contributed by atoms with van der Waals surface area (Å²) in [6.45, 7) is -2.23. The average molecular weight is 270 g/mol. The van der Waals surface area contributed by atoms with Gasteiger partial charge in [-0.15, -0.1) is 5.46 Å². The Balaban J connectivity index is 0.00000144. The van der Waals surface area contributed by atoms with Gasteiger partial charge in [-0.1, -0.05) is 13.0 Å². The molecule has 0 saturated heterocycles. The Labute approximate surface area is 140 Å². The molecule has 0 aromatic heterocycles. The number of hydrogen-bond acceptors (Lipinski definition) is 2. The number of hydrogen-bond donors (Lipinski definition) is 0. The van der Waals surface area contributed by atoms with Crippen molar-refractivity contribution in [3.8, 4) is 11.5 Å². The van der Waals surface area contributed by atoms with Gasteiger partial charge >= 0.3 is 58.4 Å². The summed E-state index contributed by atoms with van der Waals surface area (Å²) in [5, 5.41) is 0. The molecule has 1 aliphatic rings. The van der Waals surface area contributed by atoms with Crippen LogP contribution in [-0.4, -0.2) is 20.2 Å². The molecule has 0 spiro atoms. The van der Waals surface area contributed by atoms with Gasteiger partial charge in [-0.2, -0.15) is 0 Å². The molecule has 0 N–H and O–H groups in total. The number of halogens is 3. The molecule has 1 heterocycles. The zero-order valence-electron chi connectivity index (χ0n) is 9.75. The van der Waals surface area contributed by atoms with E-state index in [4.69, 9.17) is 9.47 Å². The van der Waals surface area contributed by atoms with Crippen molar-refractivity contribution in [2.75, 3.05) is 13.2 Å². The SMILES string of the molecule is CC1COc2ccc([B-](F)(F)F)cc2OC1.[K+]. The van der Waals surface area contributed by atoms with Crippen molar-refractivity contribution in [1.29, 1.82) is 0 Å². The van der Waals surface area contributed by atoms with Crippen molar-refractivity contribution in [1.82, 2.24) is 0 Å². The molecule has 1 atom stereocenters. The third kappa shape index (κ3) is 3.89. The Morgan fingerprint density at radius 3 is 2.29 bits per heavy atom. The normalized spacial score (nSPS) is 19.2. The predicted octanol–water partition coefficient (Wildman–Crippen LogP) is -0.848. The number of ether oxygens (including phenoxy) is 2. The van der Waals surface area contributed by atoms with E-state index in [0.29, 0.717) is 19.0 Å². The fraction of sp³-hybridized carbons (Fsp3) is 0.400. The molecule has 0 saturated carbocycles. The summed E-state index contributed by atoms with van der Waals surface area (Å²) < 4.78 is 48.1. The summed E-state index contributed by atoms with van der Waals surface area (Å²) in [7, 11) is 0. The minimum absolute atomic E-state index is 0. The molecule has 0 bridgehead atoms. The molecule has 0 aliphatic carbocycles. The van der Waals surface area contributed by atoms with Crippen molar-refractivity contribution in [2.24, 2.45) is 5.92 Å². The minimum atomic E-state index is -4.99. The Morgan fingerprint density at radius 2 is 1.71 bits per heavy atom.